The number of carbonyl (C=O) groups excluding carboxylic acids is 1. The Morgan fingerprint density at radius 2 is 2.14 bits per heavy atom. The first kappa shape index (κ1) is 16.3. The summed E-state index contributed by atoms with van der Waals surface area (Å²) >= 11 is 3.71. The van der Waals surface area contributed by atoms with E-state index in [2.05, 4.69) is 42.5 Å². The fourth-order valence-electron chi connectivity index (χ4n) is 2.22. The SMILES string of the molecule is CCOC(=O)c1sc(-c2cccc(I)c2)c(C(C)C)c1N. The summed E-state index contributed by atoms with van der Waals surface area (Å²) in [7, 11) is 0. The van der Waals surface area contributed by atoms with Crippen molar-refractivity contribution in [1.29, 1.82) is 0 Å². The quantitative estimate of drug-likeness (QED) is 0.571. The van der Waals surface area contributed by atoms with E-state index in [-0.39, 0.29) is 11.9 Å². The molecule has 21 heavy (non-hydrogen) atoms. The Hall–Kier alpha value is -1.08. The van der Waals surface area contributed by atoms with E-state index in [9.17, 15) is 4.79 Å². The van der Waals surface area contributed by atoms with Gasteiger partial charge in [-0.05, 0) is 58.7 Å². The molecule has 0 saturated carbocycles. The molecule has 0 fully saturated rings. The third-order valence-corrected chi connectivity index (χ3v) is 5.03. The molecule has 0 aliphatic rings. The molecule has 1 aromatic carbocycles. The number of hydrogen-bond acceptors (Lipinski definition) is 4. The third-order valence-electron chi connectivity index (χ3n) is 3.11. The van der Waals surface area contributed by atoms with Crippen LogP contribution in [0, 0.1) is 3.57 Å². The maximum Gasteiger partial charge on any atom is 0.350 e. The lowest BCUT2D eigenvalue weighted by atomic mass is 9.98. The topological polar surface area (TPSA) is 52.3 Å². The van der Waals surface area contributed by atoms with Gasteiger partial charge in [-0.15, -0.1) is 11.3 Å². The zero-order valence-electron chi connectivity index (χ0n) is 12.3. The fraction of sp³-hybridized carbons (Fsp3) is 0.312. The minimum absolute atomic E-state index is 0.247. The lowest BCUT2D eigenvalue weighted by molar-refractivity contribution is 0.0533. The predicted octanol–water partition coefficient (Wildman–Crippen LogP) is 4.90. The van der Waals surface area contributed by atoms with Crippen molar-refractivity contribution in [1.82, 2.24) is 0 Å². The molecule has 0 amide bonds. The minimum Gasteiger partial charge on any atom is -0.462 e. The van der Waals surface area contributed by atoms with Gasteiger partial charge in [-0.25, -0.2) is 4.79 Å². The summed E-state index contributed by atoms with van der Waals surface area (Å²) in [4.78, 5) is 13.6. The van der Waals surface area contributed by atoms with Gasteiger partial charge in [0, 0.05) is 8.45 Å². The Bertz CT molecular complexity index is 664. The molecule has 0 bridgehead atoms. The van der Waals surface area contributed by atoms with Gasteiger partial charge in [0.25, 0.3) is 0 Å². The van der Waals surface area contributed by atoms with Crippen molar-refractivity contribution in [2.75, 3.05) is 12.3 Å². The standard InChI is InChI=1S/C16H18INO2S/c1-4-20-16(19)15-13(18)12(9(2)3)14(21-15)10-6-5-7-11(17)8-10/h5-9H,4,18H2,1-3H3. The van der Waals surface area contributed by atoms with Gasteiger partial charge >= 0.3 is 5.97 Å². The van der Waals surface area contributed by atoms with Crippen molar-refractivity contribution in [2.24, 2.45) is 0 Å². The summed E-state index contributed by atoms with van der Waals surface area (Å²) in [6.07, 6.45) is 0. The first-order valence-electron chi connectivity index (χ1n) is 6.80. The predicted molar refractivity (Wildman–Crippen MR) is 96.9 cm³/mol. The molecule has 0 unspecified atom stereocenters. The molecule has 112 valence electrons. The first-order chi connectivity index (χ1) is 9.95. The van der Waals surface area contributed by atoms with Gasteiger partial charge in [0.1, 0.15) is 4.88 Å². The molecule has 1 heterocycles. The monoisotopic (exact) mass is 415 g/mol. The number of ether oxygens (including phenoxy) is 1. The van der Waals surface area contributed by atoms with Gasteiger partial charge in [-0.1, -0.05) is 26.0 Å². The van der Waals surface area contributed by atoms with Gasteiger partial charge in [-0.3, -0.25) is 0 Å². The number of anilines is 1. The van der Waals surface area contributed by atoms with E-state index in [1.807, 2.05) is 18.2 Å². The number of thiophene rings is 1. The van der Waals surface area contributed by atoms with Crippen LogP contribution < -0.4 is 5.73 Å². The maximum atomic E-state index is 12.1. The van der Waals surface area contributed by atoms with Crippen molar-refractivity contribution >= 4 is 45.6 Å². The number of nitrogens with two attached hydrogens (primary N) is 1. The number of esters is 1. The molecular formula is C16H18INO2S. The number of nitrogen functional groups attached to an aromatic ring is 1. The molecule has 0 atom stereocenters. The van der Waals surface area contributed by atoms with Crippen LogP contribution in [0.4, 0.5) is 5.69 Å². The highest BCUT2D eigenvalue weighted by molar-refractivity contribution is 14.1. The van der Waals surface area contributed by atoms with Crippen molar-refractivity contribution in [3.8, 4) is 10.4 Å². The summed E-state index contributed by atoms with van der Waals surface area (Å²) in [6, 6.07) is 8.21. The smallest absolute Gasteiger partial charge is 0.350 e. The highest BCUT2D eigenvalue weighted by Gasteiger charge is 2.24. The van der Waals surface area contributed by atoms with Crippen molar-refractivity contribution in [3.05, 3.63) is 38.3 Å². The fourth-order valence-corrected chi connectivity index (χ4v) is 4.03. The highest BCUT2D eigenvalue weighted by Crippen LogP contribution is 2.43. The van der Waals surface area contributed by atoms with E-state index in [1.54, 1.807) is 6.92 Å². The van der Waals surface area contributed by atoms with E-state index in [4.69, 9.17) is 10.5 Å². The van der Waals surface area contributed by atoms with Crippen molar-refractivity contribution < 1.29 is 9.53 Å². The van der Waals surface area contributed by atoms with Gasteiger partial charge < -0.3 is 10.5 Å². The second-order valence-electron chi connectivity index (χ2n) is 4.97. The Morgan fingerprint density at radius 3 is 2.71 bits per heavy atom. The Morgan fingerprint density at radius 1 is 1.43 bits per heavy atom. The molecule has 3 nitrogen and oxygen atoms in total. The average molecular weight is 415 g/mol. The number of carbonyl (C=O) groups is 1. The highest BCUT2D eigenvalue weighted by atomic mass is 127. The number of benzene rings is 1. The number of hydrogen-bond donors (Lipinski definition) is 1. The number of halogens is 1. The van der Waals surface area contributed by atoms with E-state index in [0.717, 1.165) is 19.6 Å². The van der Waals surface area contributed by atoms with E-state index < -0.39 is 0 Å². The van der Waals surface area contributed by atoms with Crippen LogP contribution in [0.5, 0.6) is 0 Å². The van der Waals surface area contributed by atoms with Crippen molar-refractivity contribution in [2.45, 2.75) is 26.7 Å². The summed E-state index contributed by atoms with van der Waals surface area (Å²) in [5.74, 6) is -0.0870. The van der Waals surface area contributed by atoms with Gasteiger partial charge in [0.2, 0.25) is 0 Å². The van der Waals surface area contributed by atoms with Gasteiger partial charge in [-0.2, -0.15) is 0 Å². The second kappa shape index (κ2) is 6.79. The Labute approximate surface area is 142 Å². The molecule has 0 spiro atoms. The molecule has 1 aromatic heterocycles. The summed E-state index contributed by atoms with van der Waals surface area (Å²) in [6.45, 7) is 6.33. The molecule has 0 aliphatic heterocycles. The molecule has 0 aliphatic carbocycles. The van der Waals surface area contributed by atoms with Crippen LogP contribution in [0.25, 0.3) is 10.4 Å². The van der Waals surface area contributed by atoms with Crippen LogP contribution in [0.3, 0.4) is 0 Å². The molecule has 0 saturated heterocycles. The van der Waals surface area contributed by atoms with Crippen LogP contribution in [0.1, 0.15) is 41.9 Å². The van der Waals surface area contributed by atoms with E-state index in [1.165, 1.54) is 11.3 Å². The van der Waals surface area contributed by atoms with Gasteiger partial charge in [0.15, 0.2) is 0 Å². The van der Waals surface area contributed by atoms with Crippen molar-refractivity contribution in [3.63, 3.8) is 0 Å². The van der Waals surface area contributed by atoms with Crippen LogP contribution >= 0.6 is 33.9 Å². The lowest BCUT2D eigenvalue weighted by Crippen LogP contribution is -2.06. The largest absolute Gasteiger partial charge is 0.462 e. The third kappa shape index (κ3) is 3.40. The molecule has 5 heteroatoms. The second-order valence-corrected chi connectivity index (χ2v) is 7.24. The van der Waals surface area contributed by atoms with E-state index in [0.29, 0.717) is 17.2 Å². The molecule has 2 aromatic rings. The van der Waals surface area contributed by atoms with Gasteiger partial charge in [0.05, 0.1) is 12.3 Å². The van der Waals surface area contributed by atoms with Crippen LogP contribution in [-0.4, -0.2) is 12.6 Å². The molecule has 2 N–H and O–H groups in total. The lowest BCUT2D eigenvalue weighted by Gasteiger charge is -2.09. The number of rotatable bonds is 4. The van der Waals surface area contributed by atoms with Crippen LogP contribution in [0.2, 0.25) is 0 Å². The zero-order valence-corrected chi connectivity index (χ0v) is 15.2. The maximum absolute atomic E-state index is 12.1. The first-order valence-corrected chi connectivity index (χ1v) is 8.70. The van der Waals surface area contributed by atoms with Crippen LogP contribution in [0.15, 0.2) is 24.3 Å². The molecule has 0 radical (unpaired) electrons. The molecular weight excluding hydrogens is 397 g/mol. The Kier molecular flexibility index (Phi) is 5.27. The summed E-state index contributed by atoms with van der Waals surface area (Å²) in [5.41, 5.74) is 8.90. The zero-order chi connectivity index (χ0) is 15.6. The normalized spacial score (nSPS) is 10.9. The van der Waals surface area contributed by atoms with E-state index >= 15 is 0 Å². The summed E-state index contributed by atoms with van der Waals surface area (Å²) in [5, 5.41) is 0. The average Bonchev–Trinajstić information content (AvgIpc) is 2.77. The Balaban J connectivity index is 2.60. The van der Waals surface area contributed by atoms with Crippen LogP contribution in [-0.2, 0) is 4.74 Å². The molecule has 2 rings (SSSR count). The summed E-state index contributed by atoms with van der Waals surface area (Å²) < 4.78 is 6.26. The minimum atomic E-state index is -0.334.